The lowest BCUT2D eigenvalue weighted by molar-refractivity contribution is -0.660. The number of allylic oxidation sites excluding steroid dienone is 2. The maximum Gasteiger partial charge on any atom is 0.212 e. The van der Waals surface area contributed by atoms with E-state index in [0.717, 1.165) is 0 Å². The fourth-order valence-electron chi connectivity index (χ4n) is 14.7. The molecule has 0 fully saturated rings. The molecule has 10 aromatic rings. The normalized spacial score (nSPS) is 17.5. The van der Waals surface area contributed by atoms with Crippen LogP contribution < -0.4 is 37.9 Å². The van der Waals surface area contributed by atoms with Gasteiger partial charge >= 0.3 is 0 Å². The smallest absolute Gasteiger partial charge is 0.212 e. The Balaban J connectivity index is 0.000000123. The Hall–Kier alpha value is -10.5. The molecule has 4 atom stereocenters. The molecule has 0 bridgehead atoms. The van der Waals surface area contributed by atoms with E-state index in [0.29, 0.717) is 24.7 Å². The van der Waals surface area contributed by atoms with E-state index in [4.69, 9.17) is 0 Å². The van der Waals surface area contributed by atoms with Crippen molar-refractivity contribution in [3.8, 4) is 56.2 Å². The summed E-state index contributed by atoms with van der Waals surface area (Å²) in [5, 5.41) is 2.58. The van der Waals surface area contributed by atoms with Crippen molar-refractivity contribution in [3.63, 3.8) is 0 Å². The Bertz CT molecular complexity index is 4710. The molecule has 4 aromatic heterocycles. The number of aryl methyl sites for hydroxylation is 4. The highest BCUT2D eigenvalue weighted by molar-refractivity contribution is 6.03. The molecule has 15 rings (SSSR count). The zero-order valence-corrected chi connectivity index (χ0v) is 59.6. The summed E-state index contributed by atoms with van der Waals surface area (Å²) in [4.78, 5) is 18.7. The van der Waals surface area contributed by atoms with E-state index in [1.807, 2.05) is 0 Å². The summed E-state index contributed by atoms with van der Waals surface area (Å²) in [7, 11) is 17.0. The fourth-order valence-corrected chi connectivity index (χ4v) is 14.7. The number of pyridine rings is 4. The summed E-state index contributed by atoms with van der Waals surface area (Å²) in [6, 6.07) is 62.9. The van der Waals surface area contributed by atoms with Crippen molar-refractivity contribution >= 4 is 39.2 Å². The summed E-state index contributed by atoms with van der Waals surface area (Å²) >= 11 is 0. The van der Waals surface area contributed by atoms with E-state index in [-0.39, 0.29) is 0 Å². The molecule has 0 unspecified atom stereocenters. The molecule has 6 aromatic carbocycles. The predicted octanol–water partition coefficient (Wildman–Crippen LogP) is 15.7. The van der Waals surface area contributed by atoms with E-state index >= 15 is 0 Å². The van der Waals surface area contributed by atoms with Gasteiger partial charge in [-0.25, -0.2) is 18.3 Å². The standard InChI is InChI=1S/C24H24N3.C22H24N3.2C19H24N3/c1-16-18(22-11-7-8-14-25(22)3)12-13-21-19-9-5-6-10-20(19)23-15-26(4)17(2)27(23)24(16)21;1-16-20(21-11-7-8-12-24(21)4)15-18-9-5-6-10-19(18)22(16)25-14-13-23(3)17(25)2;1-14-13-22(16(3)21(14)5)18-11-8-9-17(15(18)2)19-10-6-7-12-20(19)4;1-14-13-21(5)16(3)22(14)18-11-8-9-17(15(18)2)19-10-6-7-12-20(19)4/h5-15,17H,1-4H3;5-15,17H,1-4H3;2*6-13,16H,1-5H3/q4*+1/t2*17-;2*16-/m0000/s1. The van der Waals surface area contributed by atoms with Crippen molar-refractivity contribution in [2.24, 2.45) is 28.2 Å². The Kier molecular flexibility index (Phi) is 18.5. The predicted molar refractivity (Wildman–Crippen MR) is 398 cm³/mol. The first-order valence-corrected chi connectivity index (χ1v) is 33.7. The number of hydrogen-bond acceptors (Lipinski definition) is 8. The van der Waals surface area contributed by atoms with E-state index in [2.05, 4.69) is 415 Å². The molecule has 9 heterocycles. The van der Waals surface area contributed by atoms with Crippen LogP contribution in [0.25, 0.3) is 72.6 Å². The zero-order chi connectivity index (χ0) is 68.0. The van der Waals surface area contributed by atoms with Crippen molar-refractivity contribution in [3.05, 3.63) is 271 Å². The number of fused-ring (bicyclic) bond motifs is 7. The van der Waals surface area contributed by atoms with Crippen molar-refractivity contribution in [1.29, 1.82) is 0 Å². The molecule has 5 aliphatic rings. The number of rotatable bonds is 7. The molecular weight excluding hydrogens is 1180 g/mol. The van der Waals surface area contributed by atoms with Gasteiger partial charge in [0.25, 0.3) is 0 Å². The average Bonchev–Trinajstić information content (AvgIpc) is 1.42. The second kappa shape index (κ2) is 27.1. The SMILES string of the molecule is CC1=CN(C)[C@H](C)N1c1cccc(-c2cccc[n+]2C)c1C.CC1=CN(c2cccc(-c3cccc[n+]3C)c2C)[C@@H](C)N1C.Cc1c(-c2cccc[n+]2C)cc2ccccc2c1N1C=CN(C)[C@@H]1C.Cc1c(-c2cccc[n+]2C)ccc2c1N1C(=CN(C)[C@@H]1C)c1ccccc1-2. The third-order valence-corrected chi connectivity index (χ3v) is 20.8. The molecule has 96 heavy (non-hydrogen) atoms. The lowest BCUT2D eigenvalue weighted by Gasteiger charge is -2.37. The van der Waals surface area contributed by atoms with E-state index in [1.165, 1.54) is 135 Å². The maximum absolute atomic E-state index is 2.50. The first kappa shape index (κ1) is 65.6. The largest absolute Gasteiger partial charge is 0.359 e. The van der Waals surface area contributed by atoms with Gasteiger partial charge < -0.3 is 39.2 Å². The molecule has 0 amide bonds. The Morgan fingerprint density at radius 1 is 0.323 bits per heavy atom. The van der Waals surface area contributed by atoms with Crippen LogP contribution in [0.5, 0.6) is 0 Å². The van der Waals surface area contributed by atoms with Crippen LogP contribution in [-0.2, 0) is 28.2 Å². The topological polar surface area (TPSA) is 41.4 Å². The Morgan fingerprint density at radius 2 is 0.781 bits per heavy atom. The van der Waals surface area contributed by atoms with Gasteiger partial charge in [-0.2, -0.15) is 0 Å². The highest BCUT2D eigenvalue weighted by Gasteiger charge is 2.38. The van der Waals surface area contributed by atoms with Crippen molar-refractivity contribution in [1.82, 2.24) is 19.6 Å². The minimum absolute atomic E-state index is 0.297. The molecule has 0 spiro atoms. The van der Waals surface area contributed by atoms with Gasteiger partial charge in [0, 0.05) is 147 Å². The summed E-state index contributed by atoms with van der Waals surface area (Å²) in [6.45, 7) is 22.3. The monoisotopic (exact) mass is 1270 g/mol. The molecule has 5 aliphatic heterocycles. The molecule has 12 nitrogen and oxygen atoms in total. The second-order valence-electron chi connectivity index (χ2n) is 26.5. The van der Waals surface area contributed by atoms with E-state index in [9.17, 15) is 0 Å². The van der Waals surface area contributed by atoms with Gasteiger partial charge in [-0.15, -0.1) is 0 Å². The number of benzene rings is 6. The minimum atomic E-state index is 0.297. The highest BCUT2D eigenvalue weighted by Crippen LogP contribution is 2.51. The Morgan fingerprint density at radius 3 is 1.30 bits per heavy atom. The van der Waals surface area contributed by atoms with Crippen LogP contribution in [0.3, 0.4) is 0 Å². The van der Waals surface area contributed by atoms with Crippen LogP contribution in [0, 0.1) is 27.7 Å². The lowest BCUT2D eigenvalue weighted by Crippen LogP contribution is -2.37. The van der Waals surface area contributed by atoms with Crippen LogP contribution in [0.4, 0.5) is 22.7 Å². The second-order valence-corrected chi connectivity index (χ2v) is 26.5. The highest BCUT2D eigenvalue weighted by atomic mass is 15.4. The molecule has 488 valence electrons. The van der Waals surface area contributed by atoms with Gasteiger partial charge in [0.2, 0.25) is 22.8 Å². The Labute approximate surface area is 571 Å². The summed E-state index contributed by atoms with van der Waals surface area (Å²) in [5.41, 5.74) is 28.4. The lowest BCUT2D eigenvalue weighted by atomic mass is 9.87. The molecule has 0 aliphatic carbocycles. The molecule has 12 heteroatoms. The van der Waals surface area contributed by atoms with Gasteiger partial charge in [-0.05, 0) is 163 Å². The van der Waals surface area contributed by atoms with Gasteiger partial charge in [-0.1, -0.05) is 66.7 Å². The zero-order valence-electron chi connectivity index (χ0n) is 59.6. The summed E-state index contributed by atoms with van der Waals surface area (Å²) in [5.74, 6) is 0. The quantitative estimate of drug-likeness (QED) is 0.146. The van der Waals surface area contributed by atoms with Crippen LogP contribution in [0.1, 0.15) is 69.4 Å². The van der Waals surface area contributed by atoms with Crippen molar-refractivity contribution < 1.29 is 18.3 Å². The van der Waals surface area contributed by atoms with Gasteiger partial charge in [0.15, 0.2) is 24.8 Å². The maximum atomic E-state index is 2.50. The average molecular weight is 1270 g/mol. The van der Waals surface area contributed by atoms with Gasteiger partial charge in [-0.3, -0.25) is 0 Å². The molecule has 0 saturated carbocycles. The minimum Gasteiger partial charge on any atom is -0.359 e. The van der Waals surface area contributed by atoms with Crippen LogP contribution in [0.2, 0.25) is 0 Å². The fraction of sp³-hybridized carbons (Fsp3) is 0.262. The van der Waals surface area contributed by atoms with Crippen molar-refractivity contribution in [2.75, 3.05) is 47.8 Å². The first-order valence-electron chi connectivity index (χ1n) is 33.7. The van der Waals surface area contributed by atoms with E-state index < -0.39 is 0 Å². The first-order chi connectivity index (χ1) is 46.2. The van der Waals surface area contributed by atoms with Crippen LogP contribution >= 0.6 is 0 Å². The third kappa shape index (κ3) is 12.0. The summed E-state index contributed by atoms with van der Waals surface area (Å²) in [6.07, 6.45) is 20.8. The summed E-state index contributed by atoms with van der Waals surface area (Å²) < 4.78 is 8.74. The molecule has 0 radical (unpaired) electrons. The molecule has 0 N–H and O–H groups in total. The van der Waals surface area contributed by atoms with Crippen LogP contribution in [0.15, 0.2) is 243 Å². The number of hydrogen-bond donors (Lipinski definition) is 0. The van der Waals surface area contributed by atoms with Crippen LogP contribution in [-0.4, -0.2) is 72.5 Å². The van der Waals surface area contributed by atoms with Gasteiger partial charge in [0.1, 0.15) is 52.9 Å². The van der Waals surface area contributed by atoms with Gasteiger partial charge in [0.05, 0.1) is 39.3 Å². The van der Waals surface area contributed by atoms with Crippen molar-refractivity contribution in [2.45, 2.75) is 93.9 Å². The number of nitrogens with zero attached hydrogens (tertiary/aromatic N) is 12. The third-order valence-electron chi connectivity index (χ3n) is 20.8. The molecule has 0 saturated heterocycles. The molecular formula is C84H96N12+4. The van der Waals surface area contributed by atoms with E-state index in [1.54, 1.807) is 0 Å². The number of aromatic nitrogens is 4. The number of anilines is 4.